The fraction of sp³-hybridized carbons (Fsp3) is 0.500. The fourth-order valence-corrected chi connectivity index (χ4v) is 3.26. The molecule has 1 aliphatic heterocycles. The third kappa shape index (κ3) is 3.43. The van der Waals surface area contributed by atoms with Gasteiger partial charge in [0.15, 0.2) is 0 Å². The van der Waals surface area contributed by atoms with Crippen LogP contribution in [0.15, 0.2) is 18.2 Å². The Morgan fingerprint density at radius 1 is 1.56 bits per heavy atom. The number of nitro benzene ring substituents is 1. The molecule has 1 aromatic carbocycles. The SMILES string of the molecule is O=[N+]([O-])c1ccc(CNCC2CCSC2)cc1F. The minimum absolute atomic E-state index is 0.467. The second-order valence-electron chi connectivity index (χ2n) is 4.40. The van der Waals surface area contributed by atoms with Crippen LogP contribution in [0.3, 0.4) is 0 Å². The lowest BCUT2D eigenvalue weighted by Crippen LogP contribution is -2.22. The minimum Gasteiger partial charge on any atom is -0.312 e. The van der Waals surface area contributed by atoms with E-state index in [1.54, 1.807) is 6.07 Å². The summed E-state index contributed by atoms with van der Waals surface area (Å²) < 4.78 is 13.4. The summed E-state index contributed by atoms with van der Waals surface area (Å²) >= 11 is 1.96. The minimum atomic E-state index is -0.768. The first-order valence-electron chi connectivity index (χ1n) is 5.88. The van der Waals surface area contributed by atoms with Gasteiger partial charge in [0, 0.05) is 12.6 Å². The largest absolute Gasteiger partial charge is 0.312 e. The van der Waals surface area contributed by atoms with Crippen molar-refractivity contribution in [3.63, 3.8) is 0 Å². The Labute approximate surface area is 109 Å². The standard InChI is InChI=1S/C12H15FN2O2S/c13-11-5-9(1-2-12(11)15(16)17)6-14-7-10-3-4-18-8-10/h1-2,5,10,14H,3-4,6-8H2. The first-order chi connectivity index (χ1) is 8.66. The molecule has 0 saturated carbocycles. The van der Waals surface area contributed by atoms with Crippen molar-refractivity contribution >= 4 is 17.4 Å². The van der Waals surface area contributed by atoms with Crippen molar-refractivity contribution in [1.29, 1.82) is 0 Å². The number of hydrogen-bond acceptors (Lipinski definition) is 4. The van der Waals surface area contributed by atoms with E-state index in [2.05, 4.69) is 5.32 Å². The Balaban J connectivity index is 1.85. The van der Waals surface area contributed by atoms with Gasteiger partial charge in [-0.2, -0.15) is 16.2 Å². The van der Waals surface area contributed by atoms with Gasteiger partial charge in [-0.25, -0.2) is 0 Å². The normalized spacial score (nSPS) is 19.1. The van der Waals surface area contributed by atoms with Gasteiger partial charge in [0.25, 0.3) is 0 Å². The van der Waals surface area contributed by atoms with Crippen molar-refractivity contribution < 1.29 is 9.31 Å². The highest BCUT2D eigenvalue weighted by molar-refractivity contribution is 7.99. The maximum absolute atomic E-state index is 13.4. The van der Waals surface area contributed by atoms with Crippen LogP contribution < -0.4 is 5.32 Å². The molecule has 0 amide bonds. The Morgan fingerprint density at radius 3 is 3.00 bits per heavy atom. The molecule has 1 unspecified atom stereocenters. The highest BCUT2D eigenvalue weighted by Crippen LogP contribution is 2.22. The van der Waals surface area contributed by atoms with Crippen molar-refractivity contribution in [2.75, 3.05) is 18.1 Å². The molecule has 1 atom stereocenters. The Kier molecular flexibility index (Phi) is 4.54. The number of nitrogens with one attached hydrogen (secondary N) is 1. The van der Waals surface area contributed by atoms with E-state index >= 15 is 0 Å². The van der Waals surface area contributed by atoms with E-state index in [1.807, 2.05) is 11.8 Å². The lowest BCUT2D eigenvalue weighted by atomic mass is 10.1. The smallest absolute Gasteiger partial charge is 0.304 e. The topological polar surface area (TPSA) is 55.2 Å². The van der Waals surface area contributed by atoms with Crippen molar-refractivity contribution in [3.8, 4) is 0 Å². The van der Waals surface area contributed by atoms with Gasteiger partial charge in [-0.3, -0.25) is 10.1 Å². The maximum Gasteiger partial charge on any atom is 0.304 e. The summed E-state index contributed by atoms with van der Waals surface area (Å²) in [6.45, 7) is 1.47. The van der Waals surface area contributed by atoms with Crippen LogP contribution in [0.1, 0.15) is 12.0 Å². The third-order valence-electron chi connectivity index (χ3n) is 2.99. The van der Waals surface area contributed by atoms with Gasteiger partial charge in [0.1, 0.15) is 0 Å². The molecule has 0 aliphatic carbocycles. The average Bonchev–Trinajstić information content (AvgIpc) is 2.81. The predicted molar refractivity (Wildman–Crippen MR) is 70.2 cm³/mol. The van der Waals surface area contributed by atoms with Crippen molar-refractivity contribution in [3.05, 3.63) is 39.7 Å². The van der Waals surface area contributed by atoms with Gasteiger partial charge in [0.2, 0.25) is 5.82 Å². The van der Waals surface area contributed by atoms with Gasteiger partial charge in [-0.1, -0.05) is 6.07 Å². The molecule has 2 rings (SSSR count). The zero-order valence-electron chi connectivity index (χ0n) is 9.89. The van der Waals surface area contributed by atoms with Gasteiger partial charge in [-0.05, 0) is 42.0 Å². The molecule has 1 saturated heterocycles. The second-order valence-corrected chi connectivity index (χ2v) is 5.55. The molecule has 1 heterocycles. The zero-order valence-corrected chi connectivity index (χ0v) is 10.7. The monoisotopic (exact) mass is 270 g/mol. The van der Waals surface area contributed by atoms with Crippen molar-refractivity contribution in [2.45, 2.75) is 13.0 Å². The van der Waals surface area contributed by atoms with Gasteiger partial charge >= 0.3 is 5.69 Å². The Hall–Kier alpha value is -1.14. The number of nitro groups is 1. The van der Waals surface area contributed by atoms with E-state index in [4.69, 9.17) is 0 Å². The summed E-state index contributed by atoms with van der Waals surface area (Å²) in [5.74, 6) is 2.33. The van der Waals surface area contributed by atoms with Crippen molar-refractivity contribution in [2.24, 2.45) is 5.92 Å². The summed E-state index contributed by atoms with van der Waals surface area (Å²) in [5.41, 5.74) is 0.273. The van der Waals surface area contributed by atoms with E-state index < -0.39 is 16.4 Å². The number of nitrogens with zero attached hydrogens (tertiary/aromatic N) is 1. The first kappa shape index (κ1) is 13.3. The molecule has 98 valence electrons. The molecular formula is C12H15FN2O2S. The van der Waals surface area contributed by atoms with E-state index in [0.717, 1.165) is 12.1 Å². The molecule has 4 nitrogen and oxygen atoms in total. The van der Waals surface area contributed by atoms with Crippen LogP contribution in [0.4, 0.5) is 10.1 Å². The molecule has 1 N–H and O–H groups in total. The predicted octanol–water partition coefficient (Wildman–Crippen LogP) is 2.58. The first-order valence-corrected chi connectivity index (χ1v) is 7.03. The summed E-state index contributed by atoms with van der Waals surface area (Å²) in [7, 11) is 0. The molecule has 0 spiro atoms. The number of hydrogen-bond donors (Lipinski definition) is 1. The molecule has 1 aromatic rings. The van der Waals surface area contributed by atoms with E-state index in [1.165, 1.54) is 30.1 Å². The Morgan fingerprint density at radius 2 is 2.39 bits per heavy atom. The molecule has 0 aromatic heterocycles. The Bertz CT molecular complexity index is 436. The fourth-order valence-electron chi connectivity index (χ4n) is 1.97. The van der Waals surface area contributed by atoms with E-state index in [9.17, 15) is 14.5 Å². The molecule has 0 bridgehead atoms. The number of thioether (sulfide) groups is 1. The molecule has 6 heteroatoms. The van der Waals surface area contributed by atoms with Crippen molar-refractivity contribution in [1.82, 2.24) is 5.32 Å². The van der Waals surface area contributed by atoms with Crippen LogP contribution in [0.5, 0.6) is 0 Å². The summed E-state index contributed by atoms with van der Waals surface area (Å²) in [4.78, 5) is 9.76. The summed E-state index contributed by atoms with van der Waals surface area (Å²) in [5, 5.41) is 13.7. The third-order valence-corrected chi connectivity index (χ3v) is 4.23. The van der Waals surface area contributed by atoms with Crippen LogP contribution in [0, 0.1) is 21.8 Å². The van der Waals surface area contributed by atoms with Crippen LogP contribution >= 0.6 is 11.8 Å². The lowest BCUT2D eigenvalue weighted by Gasteiger charge is -2.09. The molecule has 1 aliphatic rings. The lowest BCUT2D eigenvalue weighted by molar-refractivity contribution is -0.387. The van der Waals surface area contributed by atoms with Gasteiger partial charge in [0.05, 0.1) is 4.92 Å². The quantitative estimate of drug-likeness (QED) is 0.660. The van der Waals surface area contributed by atoms with Crippen LogP contribution in [-0.4, -0.2) is 23.0 Å². The maximum atomic E-state index is 13.4. The number of benzene rings is 1. The molecule has 0 radical (unpaired) electrons. The van der Waals surface area contributed by atoms with Crippen LogP contribution in [-0.2, 0) is 6.54 Å². The van der Waals surface area contributed by atoms with Gasteiger partial charge < -0.3 is 5.32 Å². The number of halogens is 1. The summed E-state index contributed by atoms with van der Waals surface area (Å²) in [6, 6.07) is 4.05. The highest BCUT2D eigenvalue weighted by atomic mass is 32.2. The van der Waals surface area contributed by atoms with Gasteiger partial charge in [-0.15, -0.1) is 0 Å². The molecular weight excluding hydrogens is 255 g/mol. The molecule has 18 heavy (non-hydrogen) atoms. The van der Waals surface area contributed by atoms with E-state index in [-0.39, 0.29) is 0 Å². The van der Waals surface area contributed by atoms with Crippen LogP contribution in [0.25, 0.3) is 0 Å². The molecule has 1 fully saturated rings. The zero-order chi connectivity index (χ0) is 13.0. The summed E-state index contributed by atoms with van der Waals surface area (Å²) in [6.07, 6.45) is 1.23. The average molecular weight is 270 g/mol. The van der Waals surface area contributed by atoms with Crippen LogP contribution in [0.2, 0.25) is 0 Å². The van der Waals surface area contributed by atoms with E-state index in [0.29, 0.717) is 12.5 Å². The highest BCUT2D eigenvalue weighted by Gasteiger charge is 2.16. The second kappa shape index (κ2) is 6.15. The number of rotatable bonds is 5.